The highest BCUT2D eigenvalue weighted by atomic mass is 16.5. The second-order valence-electron chi connectivity index (χ2n) is 4.09. The Bertz CT molecular complexity index is 232. The molecule has 0 bridgehead atoms. The summed E-state index contributed by atoms with van der Waals surface area (Å²) in [5, 5.41) is 2.59. The van der Waals surface area contributed by atoms with E-state index in [0.717, 1.165) is 0 Å². The molecule has 1 N–H and O–H groups in total. The molecule has 88 valence electrons. The van der Waals surface area contributed by atoms with Gasteiger partial charge in [-0.2, -0.15) is 0 Å². The summed E-state index contributed by atoms with van der Waals surface area (Å²) in [5.41, 5.74) is -0.836. The maximum atomic E-state index is 11.7. The molecule has 1 atom stereocenters. The van der Waals surface area contributed by atoms with Gasteiger partial charge in [-0.05, 0) is 13.3 Å². The monoisotopic (exact) mass is 215 g/mol. The molecule has 4 nitrogen and oxygen atoms in total. The van der Waals surface area contributed by atoms with Crippen LogP contribution in [-0.2, 0) is 14.3 Å². The van der Waals surface area contributed by atoms with Crippen LogP contribution in [0.15, 0.2) is 0 Å². The summed E-state index contributed by atoms with van der Waals surface area (Å²) in [4.78, 5) is 23.0. The zero-order valence-corrected chi connectivity index (χ0v) is 10.2. The third-order valence-electron chi connectivity index (χ3n) is 2.67. The smallest absolute Gasteiger partial charge is 0.252 e. The molecule has 0 spiro atoms. The van der Waals surface area contributed by atoms with Crippen molar-refractivity contribution in [3.8, 4) is 0 Å². The Morgan fingerprint density at radius 1 is 1.40 bits per heavy atom. The quantitative estimate of drug-likeness (QED) is 0.723. The summed E-state index contributed by atoms with van der Waals surface area (Å²) < 4.78 is 5.12. The third kappa shape index (κ3) is 4.00. The Morgan fingerprint density at radius 3 is 2.27 bits per heavy atom. The minimum absolute atomic E-state index is 0.0258. The highest BCUT2D eigenvalue weighted by Gasteiger charge is 2.30. The van der Waals surface area contributed by atoms with Crippen molar-refractivity contribution in [1.29, 1.82) is 0 Å². The van der Waals surface area contributed by atoms with Crippen LogP contribution in [0.5, 0.6) is 0 Å². The van der Waals surface area contributed by atoms with Gasteiger partial charge in [-0.3, -0.25) is 9.59 Å². The van der Waals surface area contributed by atoms with Crippen LogP contribution >= 0.6 is 0 Å². The summed E-state index contributed by atoms with van der Waals surface area (Å²) in [7, 11) is 1.49. The lowest BCUT2D eigenvalue weighted by Gasteiger charge is -2.25. The Labute approximate surface area is 91.4 Å². The van der Waals surface area contributed by atoms with Crippen LogP contribution in [0.2, 0.25) is 0 Å². The lowest BCUT2D eigenvalue weighted by Crippen LogP contribution is -2.47. The van der Waals surface area contributed by atoms with E-state index in [4.69, 9.17) is 4.74 Å². The zero-order chi connectivity index (χ0) is 12.1. The van der Waals surface area contributed by atoms with Crippen molar-refractivity contribution in [3.63, 3.8) is 0 Å². The summed E-state index contributed by atoms with van der Waals surface area (Å²) in [6, 6.07) is 0. The first-order chi connectivity index (χ1) is 6.87. The first-order valence-corrected chi connectivity index (χ1v) is 5.23. The predicted octanol–water partition coefficient (Wildman–Crippen LogP) is 1.14. The second kappa shape index (κ2) is 5.85. The van der Waals surface area contributed by atoms with Gasteiger partial charge in [0.2, 0.25) is 0 Å². The minimum atomic E-state index is -0.836. The van der Waals surface area contributed by atoms with E-state index in [1.165, 1.54) is 7.11 Å². The van der Waals surface area contributed by atoms with Crippen LogP contribution in [0.4, 0.5) is 0 Å². The molecule has 15 heavy (non-hydrogen) atoms. The number of hydrogen-bond acceptors (Lipinski definition) is 3. The fourth-order valence-electron chi connectivity index (χ4n) is 0.956. The SMILES string of the molecule is CCC(C)(OC)C(=O)NCC(=O)C(C)C. The summed E-state index contributed by atoms with van der Waals surface area (Å²) in [5.74, 6) is -0.264. The van der Waals surface area contributed by atoms with Gasteiger partial charge >= 0.3 is 0 Å². The maximum absolute atomic E-state index is 11.7. The lowest BCUT2D eigenvalue weighted by atomic mass is 10.0. The molecule has 0 aliphatic rings. The van der Waals surface area contributed by atoms with Crippen molar-refractivity contribution >= 4 is 11.7 Å². The van der Waals surface area contributed by atoms with Crippen molar-refractivity contribution < 1.29 is 14.3 Å². The molecule has 0 heterocycles. The average molecular weight is 215 g/mol. The van der Waals surface area contributed by atoms with Crippen molar-refractivity contribution in [2.45, 2.75) is 39.7 Å². The van der Waals surface area contributed by atoms with Gasteiger partial charge in [0.05, 0.1) is 6.54 Å². The first-order valence-electron chi connectivity index (χ1n) is 5.23. The molecular weight excluding hydrogens is 194 g/mol. The van der Waals surface area contributed by atoms with E-state index < -0.39 is 5.60 Å². The number of ketones is 1. The number of hydrogen-bond donors (Lipinski definition) is 1. The van der Waals surface area contributed by atoms with Crippen molar-refractivity contribution in [2.75, 3.05) is 13.7 Å². The van der Waals surface area contributed by atoms with Gasteiger partial charge in [0.15, 0.2) is 5.78 Å². The largest absolute Gasteiger partial charge is 0.369 e. The van der Waals surface area contributed by atoms with Crippen LogP contribution in [-0.4, -0.2) is 30.9 Å². The maximum Gasteiger partial charge on any atom is 0.252 e. The third-order valence-corrected chi connectivity index (χ3v) is 2.67. The Hall–Kier alpha value is -0.900. The predicted molar refractivity (Wildman–Crippen MR) is 58.6 cm³/mol. The molecule has 4 heteroatoms. The average Bonchev–Trinajstić information content (AvgIpc) is 2.23. The molecule has 0 saturated heterocycles. The summed E-state index contributed by atoms with van der Waals surface area (Å²) >= 11 is 0. The highest BCUT2D eigenvalue weighted by Crippen LogP contribution is 2.13. The van der Waals surface area contributed by atoms with Crippen LogP contribution in [0, 0.1) is 5.92 Å². The number of Topliss-reactive ketones (excluding diaryl/α,β-unsaturated/α-hetero) is 1. The van der Waals surface area contributed by atoms with Crippen LogP contribution < -0.4 is 5.32 Å². The number of ether oxygens (including phenoxy) is 1. The molecule has 0 aromatic carbocycles. The number of methoxy groups -OCH3 is 1. The van der Waals surface area contributed by atoms with E-state index in [9.17, 15) is 9.59 Å². The number of carbonyl (C=O) groups excluding carboxylic acids is 2. The fraction of sp³-hybridized carbons (Fsp3) is 0.818. The summed E-state index contributed by atoms with van der Waals surface area (Å²) in [6.07, 6.45) is 0.575. The first kappa shape index (κ1) is 14.1. The van der Waals surface area contributed by atoms with E-state index in [1.54, 1.807) is 6.92 Å². The van der Waals surface area contributed by atoms with E-state index >= 15 is 0 Å². The van der Waals surface area contributed by atoms with E-state index in [-0.39, 0.29) is 24.2 Å². The Balaban J connectivity index is 4.20. The normalized spacial score (nSPS) is 14.8. The van der Waals surface area contributed by atoms with Crippen LogP contribution in [0.3, 0.4) is 0 Å². The van der Waals surface area contributed by atoms with Gasteiger partial charge in [-0.15, -0.1) is 0 Å². The van der Waals surface area contributed by atoms with Gasteiger partial charge < -0.3 is 10.1 Å². The van der Waals surface area contributed by atoms with Gasteiger partial charge in [-0.1, -0.05) is 20.8 Å². The van der Waals surface area contributed by atoms with Gasteiger partial charge in [0.25, 0.3) is 5.91 Å². The van der Waals surface area contributed by atoms with Crippen molar-refractivity contribution in [2.24, 2.45) is 5.92 Å². The number of rotatable bonds is 6. The fourth-order valence-corrected chi connectivity index (χ4v) is 0.956. The molecule has 0 radical (unpaired) electrons. The van der Waals surface area contributed by atoms with Gasteiger partial charge in [-0.25, -0.2) is 0 Å². The van der Waals surface area contributed by atoms with Crippen molar-refractivity contribution in [3.05, 3.63) is 0 Å². The Morgan fingerprint density at radius 2 is 1.93 bits per heavy atom. The van der Waals surface area contributed by atoms with E-state index in [2.05, 4.69) is 5.32 Å². The molecule has 1 amide bonds. The highest BCUT2D eigenvalue weighted by molar-refractivity contribution is 5.90. The van der Waals surface area contributed by atoms with Gasteiger partial charge in [0, 0.05) is 13.0 Å². The standard InChI is InChI=1S/C11H21NO3/c1-6-11(4,15-5)10(14)12-7-9(13)8(2)3/h8H,6-7H2,1-5H3,(H,12,14). The molecule has 0 aromatic rings. The van der Waals surface area contributed by atoms with Crippen molar-refractivity contribution in [1.82, 2.24) is 5.32 Å². The zero-order valence-electron chi connectivity index (χ0n) is 10.2. The topological polar surface area (TPSA) is 55.4 Å². The van der Waals surface area contributed by atoms with Gasteiger partial charge in [0.1, 0.15) is 5.60 Å². The molecule has 0 aliphatic carbocycles. The number of nitrogens with one attached hydrogen (secondary N) is 1. The Kier molecular flexibility index (Phi) is 5.50. The minimum Gasteiger partial charge on any atom is -0.369 e. The summed E-state index contributed by atoms with van der Waals surface area (Å²) in [6.45, 7) is 7.28. The van der Waals surface area contributed by atoms with E-state index in [1.807, 2.05) is 20.8 Å². The number of amides is 1. The molecule has 0 rings (SSSR count). The molecule has 0 aromatic heterocycles. The molecule has 0 aliphatic heterocycles. The lowest BCUT2D eigenvalue weighted by molar-refractivity contribution is -0.143. The number of carbonyl (C=O) groups is 2. The molecular formula is C11H21NO3. The van der Waals surface area contributed by atoms with E-state index in [0.29, 0.717) is 6.42 Å². The molecule has 0 fully saturated rings. The van der Waals surface area contributed by atoms with Crippen LogP contribution in [0.25, 0.3) is 0 Å². The molecule has 1 unspecified atom stereocenters. The second-order valence-corrected chi connectivity index (χ2v) is 4.09. The van der Waals surface area contributed by atoms with Crippen LogP contribution in [0.1, 0.15) is 34.1 Å². The molecule has 0 saturated carbocycles.